The number of nitrogens with one attached hydrogen (secondary N) is 1. The van der Waals surface area contributed by atoms with E-state index in [0.717, 1.165) is 16.2 Å². The van der Waals surface area contributed by atoms with Crippen LogP contribution in [0.15, 0.2) is 35.2 Å². The van der Waals surface area contributed by atoms with Gasteiger partial charge in [-0.05, 0) is 38.5 Å². The highest BCUT2D eigenvalue weighted by atomic mass is 32.2. The Balaban J connectivity index is 1.95. The molecule has 1 amide bonds. The third kappa shape index (κ3) is 7.38. The van der Waals surface area contributed by atoms with Crippen LogP contribution in [-0.2, 0) is 23.8 Å². The monoisotopic (exact) mass is 479 g/mol. The molecular weight excluding hydrogens is 454 g/mol. The van der Waals surface area contributed by atoms with Crippen LogP contribution >= 0.6 is 23.1 Å². The molecule has 0 bridgehead atoms. The summed E-state index contributed by atoms with van der Waals surface area (Å²) in [6.45, 7) is 4.69. The molecule has 0 aliphatic heterocycles. The van der Waals surface area contributed by atoms with E-state index in [1.54, 1.807) is 20.8 Å². The summed E-state index contributed by atoms with van der Waals surface area (Å²) >= 11 is 2.42. The van der Waals surface area contributed by atoms with Crippen LogP contribution in [0.1, 0.15) is 45.9 Å². The number of thiophene rings is 1. The molecule has 0 unspecified atom stereocenters. The fraction of sp³-hybridized carbons (Fsp3) is 0.364. The second-order valence-corrected chi connectivity index (χ2v) is 8.51. The summed E-state index contributed by atoms with van der Waals surface area (Å²) in [5, 5.41) is 2.68. The minimum Gasteiger partial charge on any atom is -0.462 e. The molecular formula is C22H25NO7S2. The van der Waals surface area contributed by atoms with Crippen molar-refractivity contribution in [2.45, 2.75) is 32.1 Å². The third-order valence-electron chi connectivity index (χ3n) is 4.02. The summed E-state index contributed by atoms with van der Waals surface area (Å²) in [7, 11) is 0. The Morgan fingerprint density at radius 1 is 0.969 bits per heavy atom. The summed E-state index contributed by atoms with van der Waals surface area (Å²) in [6, 6.07) is 9.62. The lowest BCUT2D eigenvalue weighted by molar-refractivity contribution is -0.146. The largest absolute Gasteiger partial charge is 0.462 e. The quantitative estimate of drug-likeness (QED) is 0.292. The van der Waals surface area contributed by atoms with Gasteiger partial charge >= 0.3 is 17.9 Å². The third-order valence-corrected chi connectivity index (χ3v) is 6.22. The average molecular weight is 480 g/mol. The van der Waals surface area contributed by atoms with Gasteiger partial charge in [0.15, 0.2) is 6.61 Å². The molecule has 2 rings (SSSR count). The van der Waals surface area contributed by atoms with E-state index in [2.05, 4.69) is 5.32 Å². The number of ether oxygens (including phenoxy) is 3. The van der Waals surface area contributed by atoms with Gasteiger partial charge in [-0.25, -0.2) is 9.59 Å². The predicted molar refractivity (Wildman–Crippen MR) is 122 cm³/mol. The summed E-state index contributed by atoms with van der Waals surface area (Å²) in [5.74, 6) is -1.88. The molecule has 0 aliphatic rings. The molecule has 10 heteroatoms. The fourth-order valence-corrected chi connectivity index (χ4v) is 4.55. The number of carbonyl (C=O) groups excluding carboxylic acids is 4. The molecule has 1 aromatic heterocycles. The Labute approximate surface area is 194 Å². The first-order valence-corrected chi connectivity index (χ1v) is 11.8. The smallest absolute Gasteiger partial charge is 0.348 e. The first-order chi connectivity index (χ1) is 15.4. The topological polar surface area (TPSA) is 108 Å². The van der Waals surface area contributed by atoms with Gasteiger partial charge in [0, 0.05) is 10.6 Å². The zero-order valence-electron chi connectivity index (χ0n) is 18.1. The van der Waals surface area contributed by atoms with Crippen LogP contribution in [0.3, 0.4) is 0 Å². The van der Waals surface area contributed by atoms with Crippen molar-refractivity contribution in [1.29, 1.82) is 0 Å². The Morgan fingerprint density at radius 3 is 2.28 bits per heavy atom. The summed E-state index contributed by atoms with van der Waals surface area (Å²) in [5.41, 5.74) is 0.441. The highest BCUT2D eigenvalue weighted by molar-refractivity contribution is 7.99. The Morgan fingerprint density at radius 2 is 1.62 bits per heavy atom. The molecule has 32 heavy (non-hydrogen) atoms. The van der Waals surface area contributed by atoms with E-state index >= 15 is 0 Å². The minimum atomic E-state index is -0.665. The van der Waals surface area contributed by atoms with Crippen molar-refractivity contribution >= 4 is 51.9 Å². The number of carbonyl (C=O) groups is 4. The van der Waals surface area contributed by atoms with E-state index < -0.39 is 30.4 Å². The van der Waals surface area contributed by atoms with E-state index in [9.17, 15) is 19.2 Å². The van der Waals surface area contributed by atoms with E-state index in [0.29, 0.717) is 11.3 Å². The van der Waals surface area contributed by atoms with Crippen molar-refractivity contribution in [3.63, 3.8) is 0 Å². The summed E-state index contributed by atoms with van der Waals surface area (Å²) in [4.78, 5) is 50.0. The van der Waals surface area contributed by atoms with Gasteiger partial charge in [-0.2, -0.15) is 0 Å². The van der Waals surface area contributed by atoms with Crippen LogP contribution < -0.4 is 5.32 Å². The summed E-state index contributed by atoms with van der Waals surface area (Å²) in [6.07, 6.45) is 0.145. The number of anilines is 1. The molecule has 0 spiro atoms. The first-order valence-electron chi connectivity index (χ1n) is 9.98. The molecule has 8 nitrogen and oxygen atoms in total. The maximum atomic E-state index is 12.4. The molecule has 0 saturated carbocycles. The molecule has 2 aromatic rings. The number of amides is 1. The van der Waals surface area contributed by atoms with Gasteiger partial charge in [0.1, 0.15) is 9.88 Å². The van der Waals surface area contributed by atoms with Crippen molar-refractivity contribution in [1.82, 2.24) is 0 Å². The van der Waals surface area contributed by atoms with Crippen LogP contribution in [0.5, 0.6) is 0 Å². The second kappa shape index (κ2) is 12.9. The van der Waals surface area contributed by atoms with Crippen molar-refractivity contribution in [2.75, 3.05) is 30.9 Å². The predicted octanol–water partition coefficient (Wildman–Crippen LogP) is 4.07. The molecule has 172 valence electrons. The second-order valence-electron chi connectivity index (χ2n) is 6.32. The molecule has 1 aromatic carbocycles. The lowest BCUT2D eigenvalue weighted by Gasteiger charge is -2.08. The van der Waals surface area contributed by atoms with Gasteiger partial charge < -0.3 is 19.5 Å². The normalized spacial score (nSPS) is 10.3. The molecule has 0 aliphatic carbocycles. The standard InChI is InChI=1S/C22H25NO7S2/c1-4-28-21(26)18-14(3)19(22(27)29-5-2)32-20(18)23-16(24)13-30-17(25)11-12-31-15-9-7-6-8-10-15/h6-10H,4-5,11-13H2,1-3H3,(H,23,24). The van der Waals surface area contributed by atoms with E-state index in [-0.39, 0.29) is 35.1 Å². The van der Waals surface area contributed by atoms with Crippen molar-refractivity contribution < 1.29 is 33.4 Å². The minimum absolute atomic E-state index is 0.0823. The van der Waals surface area contributed by atoms with Crippen LogP contribution in [0.2, 0.25) is 0 Å². The molecule has 1 heterocycles. The van der Waals surface area contributed by atoms with Crippen LogP contribution in [0.4, 0.5) is 5.00 Å². The highest BCUT2D eigenvalue weighted by Gasteiger charge is 2.27. The van der Waals surface area contributed by atoms with Gasteiger partial charge in [0.05, 0.1) is 25.2 Å². The Hall–Kier alpha value is -2.85. The van der Waals surface area contributed by atoms with Crippen LogP contribution in [0, 0.1) is 6.92 Å². The van der Waals surface area contributed by atoms with E-state index in [1.165, 1.54) is 11.8 Å². The van der Waals surface area contributed by atoms with Gasteiger partial charge in [-0.15, -0.1) is 23.1 Å². The lowest BCUT2D eigenvalue weighted by Crippen LogP contribution is -2.22. The van der Waals surface area contributed by atoms with Gasteiger partial charge in [0.2, 0.25) is 0 Å². The van der Waals surface area contributed by atoms with Crippen molar-refractivity contribution in [2.24, 2.45) is 0 Å². The molecule has 0 atom stereocenters. The average Bonchev–Trinajstić information content (AvgIpc) is 3.09. The van der Waals surface area contributed by atoms with Gasteiger partial charge in [-0.1, -0.05) is 18.2 Å². The van der Waals surface area contributed by atoms with Crippen LogP contribution in [-0.4, -0.2) is 49.4 Å². The molecule has 1 N–H and O–H groups in total. The van der Waals surface area contributed by atoms with Crippen LogP contribution in [0.25, 0.3) is 0 Å². The fourth-order valence-electron chi connectivity index (χ4n) is 2.59. The Kier molecular flexibility index (Phi) is 10.2. The van der Waals surface area contributed by atoms with Gasteiger partial charge in [0.25, 0.3) is 5.91 Å². The zero-order valence-corrected chi connectivity index (χ0v) is 19.7. The highest BCUT2D eigenvalue weighted by Crippen LogP contribution is 2.34. The molecule has 0 fully saturated rings. The zero-order chi connectivity index (χ0) is 23.5. The number of esters is 3. The molecule has 0 radical (unpaired) electrons. The van der Waals surface area contributed by atoms with E-state index in [1.807, 2.05) is 30.3 Å². The number of rotatable bonds is 11. The molecule has 0 saturated heterocycles. The number of hydrogen-bond donors (Lipinski definition) is 1. The van der Waals surface area contributed by atoms with Crippen molar-refractivity contribution in [3.8, 4) is 0 Å². The number of thioether (sulfide) groups is 1. The first kappa shape index (κ1) is 25.4. The maximum absolute atomic E-state index is 12.4. The SMILES string of the molecule is CCOC(=O)c1sc(NC(=O)COC(=O)CCSc2ccccc2)c(C(=O)OCC)c1C. The Bertz CT molecular complexity index is 957. The number of benzene rings is 1. The van der Waals surface area contributed by atoms with Gasteiger partial charge in [-0.3, -0.25) is 9.59 Å². The summed E-state index contributed by atoms with van der Waals surface area (Å²) < 4.78 is 15.1. The van der Waals surface area contributed by atoms with E-state index in [4.69, 9.17) is 14.2 Å². The van der Waals surface area contributed by atoms with Crippen molar-refractivity contribution in [3.05, 3.63) is 46.3 Å². The number of hydrogen-bond acceptors (Lipinski definition) is 9. The maximum Gasteiger partial charge on any atom is 0.348 e. The lowest BCUT2D eigenvalue weighted by atomic mass is 10.1.